The lowest BCUT2D eigenvalue weighted by molar-refractivity contribution is -0.143. The molecule has 4 rings (SSSR count). The van der Waals surface area contributed by atoms with Crippen molar-refractivity contribution in [3.8, 4) is 0 Å². The Morgan fingerprint density at radius 1 is 1.26 bits per heavy atom. The van der Waals surface area contributed by atoms with Gasteiger partial charge in [-0.15, -0.1) is 5.10 Å². The highest BCUT2D eigenvalue weighted by molar-refractivity contribution is 7.84. The molecule has 3 aromatic rings. The van der Waals surface area contributed by atoms with Gasteiger partial charge in [-0.1, -0.05) is 23.4 Å². The smallest absolute Gasteiger partial charge is 0.388 e. The zero-order chi connectivity index (χ0) is 28.2. The first-order valence-electron chi connectivity index (χ1n) is 12.6. The van der Waals surface area contributed by atoms with Crippen molar-refractivity contribution < 1.29 is 36.7 Å². The third-order valence-corrected chi connectivity index (χ3v) is 7.90. The van der Waals surface area contributed by atoms with Crippen molar-refractivity contribution in [2.24, 2.45) is 0 Å². The second-order valence-electron chi connectivity index (χ2n) is 9.18. The molecule has 0 amide bonds. The maximum Gasteiger partial charge on any atom is 0.388 e. The van der Waals surface area contributed by atoms with Crippen molar-refractivity contribution in [3.05, 3.63) is 70.4 Å². The summed E-state index contributed by atoms with van der Waals surface area (Å²) >= 11 is 0. The van der Waals surface area contributed by atoms with Crippen molar-refractivity contribution in [3.63, 3.8) is 0 Å². The highest BCUT2D eigenvalue weighted by Gasteiger charge is 2.30. The average Bonchev–Trinajstić information content (AvgIpc) is 3.30. The number of aromatic nitrogens is 3. The topological polar surface area (TPSA) is 144 Å². The molecule has 0 bridgehead atoms. The van der Waals surface area contributed by atoms with Gasteiger partial charge in [0.1, 0.15) is 11.3 Å². The fraction of sp³-hybridized carbons (Fsp3) is 0.423. The van der Waals surface area contributed by atoms with Gasteiger partial charge in [-0.2, -0.15) is 12.7 Å². The lowest BCUT2D eigenvalue weighted by Crippen LogP contribution is -2.35. The van der Waals surface area contributed by atoms with Gasteiger partial charge in [0.15, 0.2) is 0 Å². The van der Waals surface area contributed by atoms with E-state index in [9.17, 15) is 22.7 Å². The number of hydrogen-bond acceptors (Lipinski definition) is 9. The Kier molecular flexibility index (Phi) is 8.83. The molecular formula is C26H31FN4O7S. The predicted molar refractivity (Wildman–Crippen MR) is 139 cm³/mol. The van der Waals surface area contributed by atoms with E-state index in [4.69, 9.17) is 9.84 Å². The minimum Gasteiger partial charge on any atom is -0.480 e. The van der Waals surface area contributed by atoms with E-state index in [1.54, 1.807) is 17.7 Å². The standard InChI is InChI=1S/C26H31FN4O7S/c1-3-37-25(34)15-21(20-7-9-23-26(17(20)2)28-29-31(23)11-4-5-13-32)18-6-8-22(27)19(14-18)16-30-12-10-24(33)38-39(30,35)36/h6-10,14,21,32-33H,3-5,11-13,15-16H2,1-2H3. The molecule has 1 atom stereocenters. The summed E-state index contributed by atoms with van der Waals surface area (Å²) < 4.78 is 51.9. The monoisotopic (exact) mass is 562 g/mol. The zero-order valence-electron chi connectivity index (χ0n) is 21.7. The van der Waals surface area contributed by atoms with E-state index < -0.39 is 34.0 Å². The number of rotatable bonds is 11. The second-order valence-corrected chi connectivity index (χ2v) is 10.7. The lowest BCUT2D eigenvalue weighted by Gasteiger charge is -2.24. The van der Waals surface area contributed by atoms with Crippen LogP contribution in [-0.4, -0.2) is 63.7 Å². The maximum atomic E-state index is 14.9. The third-order valence-electron chi connectivity index (χ3n) is 6.61. The molecule has 1 aliphatic heterocycles. The number of aliphatic hydroxyl groups excluding tert-OH is 2. The van der Waals surface area contributed by atoms with E-state index in [-0.39, 0.29) is 38.3 Å². The van der Waals surface area contributed by atoms with Crippen LogP contribution in [0.25, 0.3) is 11.0 Å². The number of benzene rings is 2. The Labute approximate surface area is 225 Å². The molecule has 0 saturated heterocycles. The van der Waals surface area contributed by atoms with Crippen LogP contribution in [-0.2, 0) is 37.1 Å². The Bertz CT molecular complexity index is 1490. The van der Waals surface area contributed by atoms with E-state index in [0.29, 0.717) is 24.0 Å². The zero-order valence-corrected chi connectivity index (χ0v) is 22.5. The van der Waals surface area contributed by atoms with Gasteiger partial charge < -0.3 is 19.1 Å². The molecule has 13 heteroatoms. The van der Waals surface area contributed by atoms with Gasteiger partial charge in [0.2, 0.25) is 0 Å². The molecule has 2 aromatic carbocycles. The van der Waals surface area contributed by atoms with Gasteiger partial charge in [-0.3, -0.25) is 4.79 Å². The number of aryl methyl sites for hydroxylation is 2. The van der Waals surface area contributed by atoms with Crippen LogP contribution in [0.5, 0.6) is 0 Å². The molecule has 0 aliphatic carbocycles. The van der Waals surface area contributed by atoms with E-state index in [1.807, 2.05) is 19.1 Å². The fourth-order valence-electron chi connectivity index (χ4n) is 4.62. The van der Waals surface area contributed by atoms with Crippen LogP contribution in [0.15, 0.2) is 42.4 Å². The molecule has 1 aliphatic rings. The number of halogens is 1. The van der Waals surface area contributed by atoms with Crippen LogP contribution in [0.3, 0.4) is 0 Å². The fourth-order valence-corrected chi connectivity index (χ4v) is 5.57. The number of unbranched alkanes of at least 4 members (excludes halogenated alkanes) is 1. The summed E-state index contributed by atoms with van der Waals surface area (Å²) in [6.07, 6.45) is 2.53. The van der Waals surface area contributed by atoms with E-state index in [0.717, 1.165) is 27.4 Å². The van der Waals surface area contributed by atoms with Crippen molar-refractivity contribution in [2.75, 3.05) is 19.8 Å². The van der Waals surface area contributed by atoms with Crippen LogP contribution in [0, 0.1) is 12.7 Å². The molecule has 0 radical (unpaired) electrons. The molecule has 0 fully saturated rings. The van der Waals surface area contributed by atoms with Crippen LogP contribution in [0.2, 0.25) is 0 Å². The molecule has 1 aromatic heterocycles. The van der Waals surface area contributed by atoms with Gasteiger partial charge in [0.25, 0.3) is 5.95 Å². The molecule has 39 heavy (non-hydrogen) atoms. The number of hydrogen-bond donors (Lipinski definition) is 2. The third kappa shape index (κ3) is 6.37. The Hall–Kier alpha value is -3.55. The van der Waals surface area contributed by atoms with Crippen LogP contribution in [0.1, 0.15) is 54.4 Å². The van der Waals surface area contributed by atoms with Crippen molar-refractivity contribution in [1.29, 1.82) is 0 Å². The van der Waals surface area contributed by atoms with Crippen molar-refractivity contribution >= 4 is 27.3 Å². The molecule has 2 heterocycles. The number of carbonyl (C=O) groups is 1. The first-order chi connectivity index (χ1) is 18.6. The van der Waals surface area contributed by atoms with Gasteiger partial charge in [-0.25, -0.2) is 9.07 Å². The highest BCUT2D eigenvalue weighted by atomic mass is 32.2. The van der Waals surface area contributed by atoms with E-state index in [2.05, 4.69) is 14.5 Å². The predicted octanol–water partition coefficient (Wildman–Crippen LogP) is 3.21. The summed E-state index contributed by atoms with van der Waals surface area (Å²) in [5.74, 6) is -2.33. The minimum atomic E-state index is -4.29. The quantitative estimate of drug-likeness (QED) is 0.266. The number of carbonyl (C=O) groups excluding carboxylic acids is 1. The van der Waals surface area contributed by atoms with Gasteiger partial charge in [0, 0.05) is 43.8 Å². The summed E-state index contributed by atoms with van der Waals surface area (Å²) in [7, 11) is -4.29. The summed E-state index contributed by atoms with van der Waals surface area (Å²) in [5.41, 5.74) is 3.72. The maximum absolute atomic E-state index is 14.9. The molecular weight excluding hydrogens is 531 g/mol. The van der Waals surface area contributed by atoms with Crippen molar-refractivity contribution in [1.82, 2.24) is 19.3 Å². The largest absolute Gasteiger partial charge is 0.480 e. The van der Waals surface area contributed by atoms with Gasteiger partial charge in [-0.05, 0) is 55.5 Å². The number of ether oxygens (including phenoxy) is 1. The van der Waals surface area contributed by atoms with Crippen LogP contribution in [0.4, 0.5) is 4.39 Å². The number of fused-ring (bicyclic) bond motifs is 1. The average molecular weight is 563 g/mol. The summed E-state index contributed by atoms with van der Waals surface area (Å²) in [6.45, 7) is 3.96. The molecule has 0 spiro atoms. The Balaban J connectivity index is 1.72. The second kappa shape index (κ2) is 12.1. The Morgan fingerprint density at radius 2 is 2.05 bits per heavy atom. The van der Waals surface area contributed by atoms with Crippen LogP contribution >= 0.6 is 0 Å². The summed E-state index contributed by atoms with van der Waals surface area (Å²) in [5, 5.41) is 27.1. The number of esters is 1. The number of nitrogens with zero attached hydrogens (tertiary/aromatic N) is 4. The van der Waals surface area contributed by atoms with E-state index in [1.165, 1.54) is 18.2 Å². The molecule has 0 saturated carbocycles. The summed E-state index contributed by atoms with van der Waals surface area (Å²) in [4.78, 5) is 12.6. The van der Waals surface area contributed by atoms with E-state index >= 15 is 0 Å². The van der Waals surface area contributed by atoms with Crippen LogP contribution < -0.4 is 0 Å². The van der Waals surface area contributed by atoms with Crippen molar-refractivity contribution in [2.45, 2.75) is 52.1 Å². The van der Waals surface area contributed by atoms with Gasteiger partial charge >= 0.3 is 16.3 Å². The minimum absolute atomic E-state index is 0.0301. The SMILES string of the molecule is CCOC(=O)CC(c1ccc(F)c(CN2CC=C(O)OS2(=O)=O)c1)c1ccc2c(nnn2CCCCO)c1C. The summed E-state index contributed by atoms with van der Waals surface area (Å²) in [6, 6.07) is 8.08. The normalized spacial score (nSPS) is 16.1. The van der Waals surface area contributed by atoms with Gasteiger partial charge in [0.05, 0.1) is 18.5 Å². The first kappa shape index (κ1) is 28.5. The molecule has 2 N–H and O–H groups in total. The highest BCUT2D eigenvalue weighted by Crippen LogP contribution is 2.35. The first-order valence-corrected chi connectivity index (χ1v) is 14.0. The molecule has 1 unspecified atom stereocenters. The Morgan fingerprint density at radius 3 is 2.77 bits per heavy atom. The lowest BCUT2D eigenvalue weighted by atomic mass is 9.85. The molecule has 11 nitrogen and oxygen atoms in total. The molecule has 210 valence electrons. The number of aliphatic hydroxyl groups is 2.